The lowest BCUT2D eigenvalue weighted by molar-refractivity contribution is -0.146. The molecule has 0 aromatic heterocycles. The molecule has 1 atom stereocenters. The van der Waals surface area contributed by atoms with E-state index in [0.29, 0.717) is 0 Å². The zero-order valence-corrected chi connectivity index (χ0v) is 10.6. The van der Waals surface area contributed by atoms with Crippen molar-refractivity contribution in [3.8, 4) is 5.75 Å². The number of anilines is 1. The number of hydrogen-bond donors (Lipinski definition) is 1. The molecule has 0 radical (unpaired) electrons. The molecular weight excluding hydrogens is 274 g/mol. The van der Waals surface area contributed by atoms with Crippen molar-refractivity contribution in [1.82, 2.24) is 0 Å². The zero-order chi connectivity index (χ0) is 11.8. The predicted molar refractivity (Wildman–Crippen MR) is 63.7 cm³/mol. The molecule has 86 valence electrons. The Morgan fingerprint density at radius 2 is 2.38 bits per heavy atom. The average Bonchev–Trinajstić information content (AvgIpc) is 2.28. The first-order chi connectivity index (χ1) is 7.55. The third kappa shape index (κ3) is 1.87. The largest absolute Gasteiger partial charge is 0.488 e. The first-order valence-electron chi connectivity index (χ1n) is 4.84. The molecule has 2 rings (SSSR count). The lowest BCUT2D eigenvalue weighted by Gasteiger charge is -2.34. The van der Waals surface area contributed by atoms with Gasteiger partial charge in [-0.2, -0.15) is 0 Å². The van der Waals surface area contributed by atoms with Crippen LogP contribution in [0.2, 0.25) is 0 Å². The smallest absolute Gasteiger partial charge is 0.334 e. The van der Waals surface area contributed by atoms with E-state index >= 15 is 0 Å². The highest BCUT2D eigenvalue weighted by molar-refractivity contribution is 9.10. The van der Waals surface area contributed by atoms with Crippen molar-refractivity contribution in [2.24, 2.45) is 0 Å². The quantitative estimate of drug-likeness (QED) is 0.804. The highest BCUT2D eigenvalue weighted by atomic mass is 79.9. The van der Waals surface area contributed by atoms with Crippen LogP contribution in [0, 0.1) is 0 Å². The number of ether oxygens (including phenoxy) is 2. The van der Waals surface area contributed by atoms with Crippen molar-refractivity contribution < 1.29 is 14.3 Å². The van der Waals surface area contributed by atoms with Crippen LogP contribution >= 0.6 is 15.9 Å². The van der Waals surface area contributed by atoms with E-state index in [1.54, 1.807) is 6.92 Å². The van der Waals surface area contributed by atoms with Crippen LogP contribution in [0.3, 0.4) is 0 Å². The molecule has 0 saturated heterocycles. The molecule has 5 heteroatoms. The van der Waals surface area contributed by atoms with E-state index in [1.165, 1.54) is 7.11 Å². The third-order valence-corrected chi connectivity index (χ3v) is 3.00. The summed E-state index contributed by atoms with van der Waals surface area (Å²) in [6.45, 7) is 2.01. The fourth-order valence-electron chi connectivity index (χ4n) is 1.61. The summed E-state index contributed by atoms with van der Waals surface area (Å²) in [7, 11) is 1.37. The number of nitrogens with one attached hydrogen (secondary N) is 1. The number of esters is 1. The molecule has 0 bridgehead atoms. The van der Waals surface area contributed by atoms with Crippen molar-refractivity contribution in [3.05, 3.63) is 22.7 Å². The van der Waals surface area contributed by atoms with Crippen LogP contribution in [0.1, 0.15) is 6.92 Å². The van der Waals surface area contributed by atoms with Gasteiger partial charge in [0.15, 0.2) is 5.54 Å². The van der Waals surface area contributed by atoms with Crippen LogP contribution in [0.4, 0.5) is 5.69 Å². The van der Waals surface area contributed by atoms with Crippen molar-refractivity contribution in [2.75, 3.05) is 19.0 Å². The number of rotatable bonds is 1. The first kappa shape index (κ1) is 11.3. The summed E-state index contributed by atoms with van der Waals surface area (Å²) in [5.41, 5.74) is -0.0300. The van der Waals surface area contributed by atoms with Gasteiger partial charge in [-0.3, -0.25) is 0 Å². The second-order valence-electron chi connectivity index (χ2n) is 3.88. The molecular formula is C11H12BrNO3. The van der Waals surface area contributed by atoms with Crippen LogP contribution in [0.5, 0.6) is 5.75 Å². The second kappa shape index (κ2) is 3.97. The molecule has 4 nitrogen and oxygen atoms in total. The number of benzene rings is 1. The highest BCUT2D eigenvalue weighted by Gasteiger charge is 2.39. The van der Waals surface area contributed by atoms with Crippen molar-refractivity contribution in [1.29, 1.82) is 0 Å². The highest BCUT2D eigenvalue weighted by Crippen LogP contribution is 2.34. The van der Waals surface area contributed by atoms with E-state index in [2.05, 4.69) is 21.2 Å². The number of carbonyl (C=O) groups excluding carboxylic acids is 1. The maximum Gasteiger partial charge on any atom is 0.334 e. The Morgan fingerprint density at radius 3 is 3.06 bits per heavy atom. The molecule has 0 fully saturated rings. The van der Waals surface area contributed by atoms with Gasteiger partial charge in [0.1, 0.15) is 12.4 Å². The topological polar surface area (TPSA) is 47.6 Å². The zero-order valence-electron chi connectivity index (χ0n) is 9.04. The summed E-state index contributed by atoms with van der Waals surface area (Å²) in [5, 5.41) is 3.13. The monoisotopic (exact) mass is 285 g/mol. The molecule has 0 amide bonds. The number of carbonyl (C=O) groups is 1. The molecule has 1 aromatic rings. The van der Waals surface area contributed by atoms with E-state index < -0.39 is 5.54 Å². The van der Waals surface area contributed by atoms with Gasteiger partial charge in [-0.1, -0.05) is 15.9 Å². The summed E-state index contributed by atoms with van der Waals surface area (Å²) >= 11 is 3.36. The third-order valence-electron chi connectivity index (χ3n) is 2.51. The van der Waals surface area contributed by atoms with Gasteiger partial charge in [0, 0.05) is 4.47 Å². The lowest BCUT2D eigenvalue weighted by atomic mass is 10.0. The molecule has 1 aromatic carbocycles. The molecule has 1 unspecified atom stereocenters. The molecule has 1 aliphatic rings. The Morgan fingerprint density at radius 1 is 1.62 bits per heavy atom. The van der Waals surface area contributed by atoms with Crippen LogP contribution < -0.4 is 10.1 Å². The molecule has 1 aliphatic heterocycles. The Bertz CT molecular complexity index is 435. The van der Waals surface area contributed by atoms with Gasteiger partial charge in [-0.25, -0.2) is 4.79 Å². The van der Waals surface area contributed by atoms with E-state index in [1.807, 2.05) is 18.2 Å². The summed E-state index contributed by atoms with van der Waals surface area (Å²) in [5.74, 6) is 0.400. The molecule has 1 heterocycles. The van der Waals surface area contributed by atoms with E-state index in [4.69, 9.17) is 9.47 Å². The number of methoxy groups -OCH3 is 1. The fourth-order valence-corrected chi connectivity index (χ4v) is 1.95. The minimum absolute atomic E-state index is 0.253. The maximum absolute atomic E-state index is 11.6. The number of fused-ring (bicyclic) bond motifs is 1. The summed E-state index contributed by atoms with van der Waals surface area (Å²) in [4.78, 5) is 11.6. The van der Waals surface area contributed by atoms with Crippen molar-refractivity contribution in [3.63, 3.8) is 0 Å². The Kier molecular flexibility index (Phi) is 2.80. The Balaban J connectivity index is 2.30. The molecule has 1 N–H and O–H groups in total. The van der Waals surface area contributed by atoms with Gasteiger partial charge in [-0.15, -0.1) is 0 Å². The fraction of sp³-hybridized carbons (Fsp3) is 0.364. The molecule has 0 spiro atoms. The van der Waals surface area contributed by atoms with Crippen LogP contribution in [0.15, 0.2) is 22.7 Å². The lowest BCUT2D eigenvalue weighted by Crippen LogP contribution is -2.51. The van der Waals surface area contributed by atoms with Crippen LogP contribution in [0.25, 0.3) is 0 Å². The van der Waals surface area contributed by atoms with Gasteiger partial charge >= 0.3 is 5.97 Å². The minimum atomic E-state index is -0.824. The van der Waals surface area contributed by atoms with Crippen molar-refractivity contribution in [2.45, 2.75) is 12.5 Å². The number of halogens is 1. The normalized spacial score (nSPS) is 22.7. The second-order valence-corrected chi connectivity index (χ2v) is 4.79. The summed E-state index contributed by atoms with van der Waals surface area (Å²) in [6, 6.07) is 5.61. The van der Waals surface area contributed by atoms with Gasteiger partial charge in [0.05, 0.1) is 12.8 Å². The Labute approximate surface area is 102 Å². The molecule has 0 aliphatic carbocycles. The van der Waals surface area contributed by atoms with Gasteiger partial charge < -0.3 is 14.8 Å². The summed E-state index contributed by atoms with van der Waals surface area (Å²) < 4.78 is 11.2. The van der Waals surface area contributed by atoms with E-state index in [-0.39, 0.29) is 12.6 Å². The maximum atomic E-state index is 11.6. The Hall–Kier alpha value is -1.23. The number of hydrogen-bond acceptors (Lipinski definition) is 4. The SMILES string of the molecule is COC(=O)C1(C)COc2cc(Br)ccc2N1. The van der Waals surface area contributed by atoms with Gasteiger partial charge in [0.25, 0.3) is 0 Å². The van der Waals surface area contributed by atoms with Crippen LogP contribution in [-0.4, -0.2) is 25.2 Å². The van der Waals surface area contributed by atoms with Gasteiger partial charge in [-0.05, 0) is 25.1 Å². The average molecular weight is 286 g/mol. The summed E-state index contributed by atoms with van der Waals surface area (Å²) in [6.07, 6.45) is 0. The molecule has 0 saturated carbocycles. The van der Waals surface area contributed by atoms with E-state index in [9.17, 15) is 4.79 Å². The van der Waals surface area contributed by atoms with Crippen LogP contribution in [-0.2, 0) is 9.53 Å². The predicted octanol–water partition coefficient (Wildman–Crippen LogP) is 2.19. The van der Waals surface area contributed by atoms with Gasteiger partial charge in [0.2, 0.25) is 0 Å². The minimum Gasteiger partial charge on any atom is -0.488 e. The molecule has 16 heavy (non-hydrogen) atoms. The standard InChI is InChI=1S/C11H12BrNO3/c1-11(10(14)15-2)6-16-9-5-7(12)3-4-8(9)13-11/h3-5,13H,6H2,1-2H3. The van der Waals surface area contributed by atoms with Crippen molar-refractivity contribution >= 4 is 27.6 Å². The first-order valence-corrected chi connectivity index (χ1v) is 5.63. The van der Waals surface area contributed by atoms with E-state index in [0.717, 1.165) is 15.9 Å².